The summed E-state index contributed by atoms with van der Waals surface area (Å²) < 4.78 is 35.2. The molecule has 0 spiro atoms. The van der Waals surface area contributed by atoms with Crippen molar-refractivity contribution < 1.29 is 23.1 Å². The fourth-order valence-corrected chi connectivity index (χ4v) is 0.930. The van der Waals surface area contributed by atoms with Gasteiger partial charge in [0.25, 0.3) is 5.91 Å². The highest BCUT2D eigenvalue weighted by Gasteiger charge is 2.27. The van der Waals surface area contributed by atoms with Crippen molar-refractivity contribution in [1.82, 2.24) is 5.32 Å². The third-order valence-corrected chi connectivity index (χ3v) is 1.56. The Balaban J connectivity index is 2.62. The summed E-state index contributed by atoms with van der Waals surface area (Å²) in [5.74, 6) is -1.04. The van der Waals surface area contributed by atoms with Gasteiger partial charge in [-0.2, -0.15) is 13.2 Å². The number of rotatable bonds is 2. The second-order valence-corrected chi connectivity index (χ2v) is 2.85. The maximum atomic E-state index is 11.7. The van der Waals surface area contributed by atoms with Gasteiger partial charge in [-0.15, -0.1) is 0 Å². The maximum absolute atomic E-state index is 11.7. The van der Waals surface area contributed by atoms with Crippen molar-refractivity contribution in [2.24, 2.45) is 0 Å². The molecule has 82 valence electrons. The highest BCUT2D eigenvalue weighted by molar-refractivity contribution is 5.94. The van der Waals surface area contributed by atoms with Gasteiger partial charge in [0.2, 0.25) is 0 Å². The zero-order valence-electron chi connectivity index (χ0n) is 7.51. The Labute approximate surface area is 83.5 Å². The number of nitrogens with one attached hydrogen (secondary N) is 1. The van der Waals surface area contributed by atoms with Gasteiger partial charge in [0.1, 0.15) is 12.3 Å². The number of amides is 1. The maximum Gasteiger partial charge on any atom is 0.405 e. The third kappa shape index (κ3) is 3.88. The Morgan fingerprint density at radius 3 is 2.60 bits per heavy atom. The van der Waals surface area contributed by atoms with Crippen molar-refractivity contribution in [1.29, 1.82) is 0 Å². The van der Waals surface area contributed by atoms with Gasteiger partial charge in [0.15, 0.2) is 0 Å². The van der Waals surface area contributed by atoms with Crippen molar-refractivity contribution in [3.63, 3.8) is 0 Å². The van der Waals surface area contributed by atoms with Gasteiger partial charge in [0.05, 0.1) is 0 Å². The van der Waals surface area contributed by atoms with E-state index in [0.717, 1.165) is 6.07 Å². The summed E-state index contributed by atoms with van der Waals surface area (Å²) in [4.78, 5) is 11.1. The molecule has 0 aliphatic rings. The summed E-state index contributed by atoms with van der Waals surface area (Å²) in [7, 11) is 0. The molecular formula is C9H8F3NO2. The predicted molar refractivity (Wildman–Crippen MR) is 46.5 cm³/mol. The van der Waals surface area contributed by atoms with E-state index in [1.165, 1.54) is 18.2 Å². The van der Waals surface area contributed by atoms with Crippen LogP contribution in [0.15, 0.2) is 24.3 Å². The van der Waals surface area contributed by atoms with Gasteiger partial charge in [-0.25, -0.2) is 0 Å². The Morgan fingerprint density at radius 1 is 1.40 bits per heavy atom. The summed E-state index contributed by atoms with van der Waals surface area (Å²) in [6, 6.07) is 5.09. The molecule has 0 aromatic heterocycles. The van der Waals surface area contributed by atoms with Crippen LogP contribution < -0.4 is 5.32 Å². The number of hydrogen-bond donors (Lipinski definition) is 2. The number of carbonyl (C=O) groups is 1. The Hall–Kier alpha value is -1.72. The number of aromatic hydroxyl groups is 1. The van der Waals surface area contributed by atoms with E-state index >= 15 is 0 Å². The number of benzene rings is 1. The molecule has 15 heavy (non-hydrogen) atoms. The molecule has 1 amide bonds. The summed E-state index contributed by atoms with van der Waals surface area (Å²) in [6.45, 7) is -1.39. The van der Waals surface area contributed by atoms with Gasteiger partial charge in [-0.1, -0.05) is 6.07 Å². The minimum atomic E-state index is -4.44. The van der Waals surface area contributed by atoms with Crippen LogP contribution in [0.25, 0.3) is 0 Å². The molecule has 0 heterocycles. The first kappa shape index (κ1) is 11.4. The van der Waals surface area contributed by atoms with Crippen LogP contribution in [0.3, 0.4) is 0 Å². The largest absolute Gasteiger partial charge is 0.508 e. The van der Waals surface area contributed by atoms with E-state index in [1.54, 1.807) is 5.32 Å². The van der Waals surface area contributed by atoms with Crippen molar-refractivity contribution in [3.8, 4) is 5.75 Å². The van der Waals surface area contributed by atoms with Crippen molar-refractivity contribution in [2.75, 3.05) is 6.54 Å². The van der Waals surface area contributed by atoms with Gasteiger partial charge < -0.3 is 10.4 Å². The minimum absolute atomic E-state index is 0.0146. The molecule has 1 aromatic rings. The van der Waals surface area contributed by atoms with Crippen LogP contribution in [-0.4, -0.2) is 23.7 Å². The zero-order valence-corrected chi connectivity index (χ0v) is 7.51. The summed E-state index contributed by atoms with van der Waals surface area (Å²) in [6.07, 6.45) is -4.44. The zero-order chi connectivity index (χ0) is 11.5. The monoisotopic (exact) mass is 219 g/mol. The standard InChI is InChI=1S/C9H8F3NO2/c10-9(11,12)5-13-8(15)6-2-1-3-7(14)4-6/h1-4,14H,5H2,(H,13,15). The van der Waals surface area contributed by atoms with E-state index in [1.807, 2.05) is 0 Å². The van der Waals surface area contributed by atoms with E-state index in [2.05, 4.69) is 0 Å². The van der Waals surface area contributed by atoms with Crippen LogP contribution in [0.2, 0.25) is 0 Å². The quantitative estimate of drug-likeness (QED) is 0.795. The molecule has 0 atom stereocenters. The Kier molecular flexibility index (Phi) is 3.18. The minimum Gasteiger partial charge on any atom is -0.508 e. The molecule has 0 aliphatic carbocycles. The third-order valence-electron chi connectivity index (χ3n) is 1.56. The van der Waals surface area contributed by atoms with E-state index < -0.39 is 18.6 Å². The number of phenols is 1. The van der Waals surface area contributed by atoms with E-state index in [0.29, 0.717) is 0 Å². The molecule has 0 fully saturated rings. The molecule has 0 saturated heterocycles. The lowest BCUT2D eigenvalue weighted by molar-refractivity contribution is -0.123. The highest BCUT2D eigenvalue weighted by atomic mass is 19.4. The van der Waals surface area contributed by atoms with E-state index in [4.69, 9.17) is 5.11 Å². The summed E-state index contributed by atoms with van der Waals surface area (Å²) >= 11 is 0. The van der Waals surface area contributed by atoms with Crippen molar-refractivity contribution >= 4 is 5.91 Å². The molecule has 0 aliphatic heterocycles. The lowest BCUT2D eigenvalue weighted by atomic mass is 10.2. The first-order chi connectivity index (χ1) is 6.88. The molecule has 1 aromatic carbocycles. The molecule has 1 rings (SSSR count). The summed E-state index contributed by atoms with van der Waals surface area (Å²) in [5, 5.41) is 10.7. The van der Waals surface area contributed by atoms with Gasteiger partial charge in [-0.05, 0) is 18.2 Å². The SMILES string of the molecule is O=C(NCC(F)(F)F)c1cccc(O)c1. The first-order valence-electron chi connectivity index (χ1n) is 4.02. The molecule has 0 unspecified atom stereocenters. The fraction of sp³-hybridized carbons (Fsp3) is 0.222. The van der Waals surface area contributed by atoms with Gasteiger partial charge in [0, 0.05) is 5.56 Å². The molecule has 0 radical (unpaired) electrons. The Morgan fingerprint density at radius 2 is 2.07 bits per heavy atom. The number of alkyl halides is 3. The smallest absolute Gasteiger partial charge is 0.405 e. The normalized spacial score (nSPS) is 11.1. The average Bonchev–Trinajstić information content (AvgIpc) is 2.13. The van der Waals surface area contributed by atoms with Crippen molar-refractivity contribution in [3.05, 3.63) is 29.8 Å². The highest BCUT2D eigenvalue weighted by Crippen LogP contribution is 2.14. The molecule has 3 nitrogen and oxygen atoms in total. The van der Waals surface area contributed by atoms with E-state index in [9.17, 15) is 18.0 Å². The fourth-order valence-electron chi connectivity index (χ4n) is 0.930. The molecule has 0 saturated carbocycles. The molecule has 6 heteroatoms. The van der Waals surface area contributed by atoms with Crippen molar-refractivity contribution in [2.45, 2.75) is 6.18 Å². The second kappa shape index (κ2) is 4.20. The predicted octanol–water partition coefficient (Wildman–Crippen LogP) is 1.68. The van der Waals surface area contributed by atoms with Crippen LogP contribution in [0.5, 0.6) is 5.75 Å². The number of phenolic OH excluding ortho intramolecular Hbond substituents is 1. The van der Waals surface area contributed by atoms with Crippen LogP contribution in [0.1, 0.15) is 10.4 Å². The van der Waals surface area contributed by atoms with E-state index in [-0.39, 0.29) is 11.3 Å². The van der Waals surface area contributed by atoms with Crippen LogP contribution in [0, 0.1) is 0 Å². The van der Waals surface area contributed by atoms with Gasteiger partial charge in [-0.3, -0.25) is 4.79 Å². The van der Waals surface area contributed by atoms with Crippen LogP contribution >= 0.6 is 0 Å². The van der Waals surface area contributed by atoms with Crippen LogP contribution in [-0.2, 0) is 0 Å². The molecular weight excluding hydrogens is 211 g/mol. The number of hydrogen-bond acceptors (Lipinski definition) is 2. The first-order valence-corrected chi connectivity index (χ1v) is 4.02. The summed E-state index contributed by atoms with van der Waals surface area (Å²) in [5.41, 5.74) is -0.0146. The number of halogens is 3. The van der Waals surface area contributed by atoms with Crippen LogP contribution in [0.4, 0.5) is 13.2 Å². The lowest BCUT2D eigenvalue weighted by Crippen LogP contribution is -2.33. The average molecular weight is 219 g/mol. The molecule has 0 bridgehead atoms. The second-order valence-electron chi connectivity index (χ2n) is 2.85. The van der Waals surface area contributed by atoms with Gasteiger partial charge >= 0.3 is 6.18 Å². The lowest BCUT2D eigenvalue weighted by Gasteiger charge is -2.08. The Bertz CT molecular complexity index is 363. The topological polar surface area (TPSA) is 49.3 Å². The number of carbonyl (C=O) groups excluding carboxylic acids is 1. The molecule has 2 N–H and O–H groups in total.